The SMILES string of the molecule is CCN(CCCO)C(=O)c1ccc([N+](=O)[O-])n1C. The van der Waals surface area contributed by atoms with E-state index in [1.165, 1.54) is 23.7 Å². The normalized spacial score (nSPS) is 10.4. The maximum atomic E-state index is 12.1. The van der Waals surface area contributed by atoms with Gasteiger partial charge in [-0.15, -0.1) is 0 Å². The van der Waals surface area contributed by atoms with E-state index in [-0.39, 0.29) is 24.0 Å². The zero-order valence-corrected chi connectivity index (χ0v) is 10.5. The molecule has 0 spiro atoms. The molecule has 1 amide bonds. The fraction of sp³-hybridized carbons (Fsp3) is 0.545. The third-order valence-corrected chi connectivity index (χ3v) is 2.76. The highest BCUT2D eigenvalue weighted by Gasteiger charge is 2.24. The number of rotatable bonds is 6. The van der Waals surface area contributed by atoms with Crippen LogP contribution < -0.4 is 0 Å². The Balaban J connectivity index is 2.92. The van der Waals surface area contributed by atoms with Crippen molar-refractivity contribution >= 4 is 11.7 Å². The van der Waals surface area contributed by atoms with E-state index in [1.807, 2.05) is 6.92 Å². The number of aliphatic hydroxyl groups excluding tert-OH is 1. The molecule has 0 unspecified atom stereocenters. The van der Waals surface area contributed by atoms with Crippen LogP contribution in [0.5, 0.6) is 0 Å². The van der Waals surface area contributed by atoms with Gasteiger partial charge in [0, 0.05) is 25.8 Å². The van der Waals surface area contributed by atoms with Crippen molar-refractivity contribution in [3.63, 3.8) is 0 Å². The van der Waals surface area contributed by atoms with Gasteiger partial charge in [-0.05, 0) is 24.3 Å². The highest BCUT2D eigenvalue weighted by Crippen LogP contribution is 2.16. The number of carbonyl (C=O) groups excluding carboxylic acids is 1. The van der Waals surface area contributed by atoms with E-state index in [0.717, 1.165) is 0 Å². The van der Waals surface area contributed by atoms with E-state index >= 15 is 0 Å². The first kappa shape index (κ1) is 14.2. The highest BCUT2D eigenvalue weighted by molar-refractivity contribution is 5.93. The average Bonchev–Trinajstić information content (AvgIpc) is 2.71. The average molecular weight is 255 g/mol. The molecule has 0 saturated carbocycles. The van der Waals surface area contributed by atoms with Gasteiger partial charge < -0.3 is 20.1 Å². The van der Waals surface area contributed by atoms with Crippen molar-refractivity contribution < 1.29 is 14.8 Å². The number of nitro groups is 1. The van der Waals surface area contributed by atoms with E-state index in [9.17, 15) is 14.9 Å². The quantitative estimate of drug-likeness (QED) is 0.601. The number of hydrogen-bond donors (Lipinski definition) is 1. The molecule has 0 aliphatic rings. The van der Waals surface area contributed by atoms with Gasteiger partial charge in [0.2, 0.25) is 0 Å². The molecule has 0 radical (unpaired) electrons. The minimum atomic E-state index is -0.527. The molecule has 0 aliphatic carbocycles. The first-order valence-corrected chi connectivity index (χ1v) is 5.73. The Morgan fingerprint density at radius 3 is 2.67 bits per heavy atom. The molecule has 0 atom stereocenters. The van der Waals surface area contributed by atoms with Crippen molar-refractivity contribution in [1.29, 1.82) is 0 Å². The fourth-order valence-corrected chi connectivity index (χ4v) is 1.73. The van der Waals surface area contributed by atoms with Crippen LogP contribution in [-0.4, -0.2) is 45.1 Å². The summed E-state index contributed by atoms with van der Waals surface area (Å²) in [6, 6.07) is 2.76. The molecule has 0 aliphatic heterocycles. The molecular weight excluding hydrogens is 238 g/mol. The maximum Gasteiger partial charge on any atom is 0.323 e. The predicted octanol–water partition coefficient (Wildman–Crippen LogP) is 0.778. The van der Waals surface area contributed by atoms with Crippen LogP contribution in [0.15, 0.2) is 12.1 Å². The lowest BCUT2D eigenvalue weighted by atomic mass is 10.3. The van der Waals surface area contributed by atoms with Crippen molar-refractivity contribution in [1.82, 2.24) is 9.47 Å². The van der Waals surface area contributed by atoms with Crippen molar-refractivity contribution in [2.24, 2.45) is 7.05 Å². The lowest BCUT2D eigenvalue weighted by Crippen LogP contribution is -2.33. The highest BCUT2D eigenvalue weighted by atomic mass is 16.6. The fourth-order valence-electron chi connectivity index (χ4n) is 1.73. The molecular formula is C11H17N3O4. The Labute approximate surface area is 105 Å². The number of carbonyl (C=O) groups is 1. The molecule has 18 heavy (non-hydrogen) atoms. The second-order valence-electron chi connectivity index (χ2n) is 3.85. The minimum Gasteiger partial charge on any atom is -0.396 e. The molecule has 100 valence electrons. The van der Waals surface area contributed by atoms with Gasteiger partial charge in [-0.1, -0.05) is 0 Å². The largest absolute Gasteiger partial charge is 0.396 e. The van der Waals surface area contributed by atoms with Crippen molar-refractivity contribution in [3.8, 4) is 0 Å². The number of nitrogens with zero attached hydrogens (tertiary/aromatic N) is 3. The number of amides is 1. The molecule has 7 heteroatoms. The second kappa shape index (κ2) is 6.15. The number of hydrogen-bond acceptors (Lipinski definition) is 4. The zero-order chi connectivity index (χ0) is 13.7. The van der Waals surface area contributed by atoms with E-state index in [0.29, 0.717) is 19.5 Å². The topological polar surface area (TPSA) is 88.6 Å². The lowest BCUT2D eigenvalue weighted by Gasteiger charge is -2.19. The summed E-state index contributed by atoms with van der Waals surface area (Å²) < 4.78 is 1.27. The number of aromatic nitrogens is 1. The Bertz CT molecular complexity index is 441. The Morgan fingerprint density at radius 1 is 1.56 bits per heavy atom. The summed E-state index contributed by atoms with van der Waals surface area (Å²) in [4.78, 5) is 23.9. The minimum absolute atomic E-state index is 0.0110. The van der Waals surface area contributed by atoms with Crippen LogP contribution in [0.1, 0.15) is 23.8 Å². The van der Waals surface area contributed by atoms with E-state index in [2.05, 4.69) is 0 Å². The van der Waals surface area contributed by atoms with E-state index in [4.69, 9.17) is 5.11 Å². The van der Waals surface area contributed by atoms with Crippen LogP contribution >= 0.6 is 0 Å². The molecule has 0 fully saturated rings. The summed E-state index contributed by atoms with van der Waals surface area (Å²) in [6.07, 6.45) is 0.492. The van der Waals surface area contributed by atoms with Gasteiger partial charge in [-0.2, -0.15) is 0 Å². The van der Waals surface area contributed by atoms with Gasteiger partial charge in [-0.3, -0.25) is 4.79 Å². The standard InChI is InChI=1S/C11H17N3O4/c1-3-13(7-4-8-15)11(16)9-5-6-10(12(9)2)14(17)18/h5-6,15H,3-4,7-8H2,1-2H3. The van der Waals surface area contributed by atoms with Crippen LogP contribution in [0.25, 0.3) is 0 Å². The molecule has 1 rings (SSSR count). The third-order valence-electron chi connectivity index (χ3n) is 2.76. The van der Waals surface area contributed by atoms with Crippen molar-refractivity contribution in [3.05, 3.63) is 27.9 Å². The smallest absolute Gasteiger partial charge is 0.323 e. The van der Waals surface area contributed by atoms with Gasteiger partial charge >= 0.3 is 5.82 Å². The van der Waals surface area contributed by atoms with Crippen LogP contribution in [0.4, 0.5) is 5.82 Å². The van der Waals surface area contributed by atoms with Crippen LogP contribution in [0, 0.1) is 10.1 Å². The second-order valence-corrected chi connectivity index (χ2v) is 3.85. The molecule has 7 nitrogen and oxygen atoms in total. The molecule has 1 heterocycles. The van der Waals surface area contributed by atoms with Crippen LogP contribution in [-0.2, 0) is 7.05 Å². The molecule has 0 aromatic carbocycles. The van der Waals surface area contributed by atoms with Crippen molar-refractivity contribution in [2.75, 3.05) is 19.7 Å². The van der Waals surface area contributed by atoms with Crippen molar-refractivity contribution in [2.45, 2.75) is 13.3 Å². The summed E-state index contributed by atoms with van der Waals surface area (Å²) in [5.41, 5.74) is 0.279. The van der Waals surface area contributed by atoms with E-state index < -0.39 is 4.92 Å². The maximum absolute atomic E-state index is 12.1. The van der Waals surface area contributed by atoms with Gasteiger partial charge in [0.1, 0.15) is 0 Å². The monoisotopic (exact) mass is 255 g/mol. The van der Waals surface area contributed by atoms with Gasteiger partial charge in [-0.25, -0.2) is 4.57 Å². The molecule has 0 bridgehead atoms. The summed E-state index contributed by atoms with van der Waals surface area (Å²) in [7, 11) is 1.49. The summed E-state index contributed by atoms with van der Waals surface area (Å²) in [6.45, 7) is 2.77. The van der Waals surface area contributed by atoms with Gasteiger partial charge in [0.15, 0.2) is 5.69 Å². The molecule has 0 saturated heterocycles. The lowest BCUT2D eigenvalue weighted by molar-refractivity contribution is -0.391. The van der Waals surface area contributed by atoms with Gasteiger partial charge in [0.25, 0.3) is 5.91 Å². The summed E-state index contributed by atoms with van der Waals surface area (Å²) >= 11 is 0. The predicted molar refractivity (Wildman–Crippen MR) is 65.3 cm³/mol. The Hall–Kier alpha value is -1.89. The Kier molecular flexibility index (Phi) is 4.85. The molecule has 1 aromatic rings. The number of aliphatic hydroxyl groups is 1. The summed E-state index contributed by atoms with van der Waals surface area (Å²) in [5.74, 6) is -0.377. The van der Waals surface area contributed by atoms with Crippen LogP contribution in [0.2, 0.25) is 0 Å². The Morgan fingerprint density at radius 2 is 2.22 bits per heavy atom. The zero-order valence-electron chi connectivity index (χ0n) is 10.5. The first-order chi connectivity index (χ1) is 8.52. The first-order valence-electron chi connectivity index (χ1n) is 5.73. The summed E-state index contributed by atoms with van der Waals surface area (Å²) in [5, 5.41) is 19.5. The molecule has 1 aromatic heterocycles. The third kappa shape index (κ3) is 2.86. The molecule has 1 N–H and O–H groups in total. The van der Waals surface area contributed by atoms with E-state index in [1.54, 1.807) is 4.90 Å². The van der Waals surface area contributed by atoms with Gasteiger partial charge in [0.05, 0.1) is 7.05 Å². The van der Waals surface area contributed by atoms with Crippen LogP contribution in [0.3, 0.4) is 0 Å².